The number of aryl methyl sites for hydroxylation is 1. The summed E-state index contributed by atoms with van der Waals surface area (Å²) in [5.41, 5.74) is 0.0123. The van der Waals surface area contributed by atoms with E-state index in [2.05, 4.69) is 0 Å². The van der Waals surface area contributed by atoms with Crippen LogP contribution in [0.5, 0.6) is 5.75 Å². The molecule has 1 N–H and O–H groups in total. The van der Waals surface area contributed by atoms with Gasteiger partial charge in [0.1, 0.15) is 5.75 Å². The number of ether oxygens (including phenoxy) is 2. The van der Waals surface area contributed by atoms with Crippen molar-refractivity contribution in [2.75, 3.05) is 13.7 Å². The largest absolute Gasteiger partial charge is 0.497 e. The molecule has 1 aromatic carbocycles. The molecule has 1 rings (SSSR count). The Morgan fingerprint density at radius 1 is 1.25 bits per heavy atom. The van der Waals surface area contributed by atoms with Crippen LogP contribution in [0.1, 0.15) is 46.6 Å². The Labute approximate surface area is 145 Å². The maximum Gasteiger partial charge on any atom is 0.331 e. The Bertz CT molecular complexity index is 549. The highest BCUT2D eigenvalue weighted by Gasteiger charge is 2.35. The Hall–Kier alpha value is -1.53. The predicted molar refractivity (Wildman–Crippen MR) is 94.8 cm³/mol. The quantitative estimate of drug-likeness (QED) is 0.552. The number of rotatable bonds is 9. The fraction of sp³-hybridized carbons (Fsp3) is 0.611. The minimum absolute atomic E-state index is 0.232. The van der Waals surface area contributed by atoms with Crippen LogP contribution in [-0.2, 0) is 20.6 Å². The fourth-order valence-corrected chi connectivity index (χ4v) is 1.87. The van der Waals surface area contributed by atoms with Gasteiger partial charge in [0.05, 0.1) is 24.9 Å². The van der Waals surface area contributed by atoms with Crippen LogP contribution in [0.15, 0.2) is 18.2 Å². The van der Waals surface area contributed by atoms with Crippen molar-refractivity contribution in [3.05, 3.63) is 23.8 Å². The van der Waals surface area contributed by atoms with Gasteiger partial charge >= 0.3 is 13.5 Å². The normalized spacial score (nSPS) is 12.0. The molecule has 0 aliphatic heterocycles. The number of benzene rings is 1. The highest BCUT2D eigenvalue weighted by atomic mass is 16.5. The summed E-state index contributed by atoms with van der Waals surface area (Å²) in [6, 6.07) is 5.59. The number of carbonyl (C=O) groups excluding carboxylic acids is 1. The molecular formula is C18H28BO5. The molecule has 1 aromatic rings. The summed E-state index contributed by atoms with van der Waals surface area (Å²) < 4.78 is 16.0. The van der Waals surface area contributed by atoms with E-state index in [1.807, 2.05) is 32.0 Å². The van der Waals surface area contributed by atoms with Gasteiger partial charge in [0, 0.05) is 6.42 Å². The minimum Gasteiger partial charge on any atom is -0.497 e. The maximum absolute atomic E-state index is 11.6. The average molecular weight is 335 g/mol. The topological polar surface area (TPSA) is 65.0 Å². The van der Waals surface area contributed by atoms with Gasteiger partial charge in [0.25, 0.3) is 0 Å². The lowest BCUT2D eigenvalue weighted by Crippen LogP contribution is -2.49. The first kappa shape index (κ1) is 20.5. The molecule has 0 bridgehead atoms. The first-order valence-corrected chi connectivity index (χ1v) is 8.16. The van der Waals surface area contributed by atoms with Crippen LogP contribution in [-0.4, -0.2) is 43.5 Å². The lowest BCUT2D eigenvalue weighted by atomic mass is 9.79. The number of hydrogen-bond donors (Lipinski definition) is 1. The Morgan fingerprint density at radius 3 is 2.46 bits per heavy atom. The molecule has 0 spiro atoms. The third-order valence-electron chi connectivity index (χ3n) is 4.21. The number of aliphatic hydroxyl groups is 1. The van der Waals surface area contributed by atoms with Crippen molar-refractivity contribution in [3.8, 4) is 5.75 Å². The number of methoxy groups -OCH3 is 1. The summed E-state index contributed by atoms with van der Waals surface area (Å²) in [5.74, 6) is 0.483. The Kier molecular flexibility index (Phi) is 7.30. The summed E-state index contributed by atoms with van der Waals surface area (Å²) in [5, 5.41) is 10.2. The van der Waals surface area contributed by atoms with E-state index in [9.17, 15) is 9.90 Å². The second-order valence-electron chi connectivity index (χ2n) is 6.67. The second kappa shape index (κ2) is 8.54. The molecule has 0 saturated heterocycles. The third-order valence-corrected chi connectivity index (χ3v) is 4.21. The van der Waals surface area contributed by atoms with Gasteiger partial charge in [0.2, 0.25) is 0 Å². The molecule has 5 nitrogen and oxygen atoms in total. The zero-order valence-corrected chi connectivity index (χ0v) is 15.5. The molecule has 133 valence electrons. The molecule has 1 radical (unpaired) electrons. The van der Waals surface area contributed by atoms with E-state index in [0.29, 0.717) is 18.8 Å². The zero-order chi connectivity index (χ0) is 18.4. The molecular weight excluding hydrogens is 307 g/mol. The molecule has 0 unspecified atom stereocenters. The van der Waals surface area contributed by atoms with Crippen molar-refractivity contribution in [1.29, 1.82) is 0 Å². The standard InChI is InChI=1S/C18H28BO5/c1-7-23-16(20)11-8-13-12-14(22-6)9-10-15(13)19-24-18(4,5)17(2,3)21/h9-10,12,21H,7-8,11H2,1-6H3. The monoisotopic (exact) mass is 335 g/mol. The van der Waals surface area contributed by atoms with Gasteiger partial charge in [-0.05, 0) is 58.7 Å². The number of esters is 1. The van der Waals surface area contributed by atoms with Crippen LogP contribution in [0, 0.1) is 0 Å². The molecule has 0 amide bonds. The van der Waals surface area contributed by atoms with Crippen molar-refractivity contribution in [1.82, 2.24) is 0 Å². The van der Waals surface area contributed by atoms with Crippen molar-refractivity contribution in [2.24, 2.45) is 0 Å². The van der Waals surface area contributed by atoms with Crippen molar-refractivity contribution in [2.45, 2.75) is 58.7 Å². The molecule has 0 aliphatic rings. The van der Waals surface area contributed by atoms with Crippen molar-refractivity contribution in [3.63, 3.8) is 0 Å². The summed E-state index contributed by atoms with van der Waals surface area (Å²) in [6.45, 7) is 9.22. The number of carbonyl (C=O) groups is 1. The third kappa shape index (κ3) is 5.84. The highest BCUT2D eigenvalue weighted by Crippen LogP contribution is 2.24. The Balaban J connectivity index is 2.87. The van der Waals surface area contributed by atoms with Gasteiger partial charge in [-0.25, -0.2) is 0 Å². The van der Waals surface area contributed by atoms with E-state index in [-0.39, 0.29) is 12.4 Å². The highest BCUT2D eigenvalue weighted by molar-refractivity contribution is 6.47. The number of hydrogen-bond acceptors (Lipinski definition) is 5. The van der Waals surface area contributed by atoms with Crippen LogP contribution < -0.4 is 10.2 Å². The van der Waals surface area contributed by atoms with E-state index >= 15 is 0 Å². The molecule has 24 heavy (non-hydrogen) atoms. The predicted octanol–water partition coefficient (Wildman–Crippen LogP) is 2.00. The summed E-state index contributed by atoms with van der Waals surface area (Å²) in [6.07, 6.45) is 0.810. The van der Waals surface area contributed by atoms with Gasteiger partial charge in [-0.1, -0.05) is 11.5 Å². The first-order valence-electron chi connectivity index (χ1n) is 8.16. The van der Waals surface area contributed by atoms with Crippen molar-refractivity contribution >= 4 is 18.9 Å². The van der Waals surface area contributed by atoms with E-state index in [1.54, 1.807) is 35.4 Å². The van der Waals surface area contributed by atoms with Gasteiger partial charge in [-0.3, -0.25) is 4.79 Å². The first-order chi connectivity index (χ1) is 11.1. The lowest BCUT2D eigenvalue weighted by Gasteiger charge is -2.37. The zero-order valence-electron chi connectivity index (χ0n) is 15.5. The SMILES string of the molecule is CCOC(=O)CCc1cc(OC)ccc1[B]OC(C)(C)C(C)(C)O. The second-order valence-corrected chi connectivity index (χ2v) is 6.67. The fourth-order valence-electron chi connectivity index (χ4n) is 1.87. The van der Waals surface area contributed by atoms with Crippen LogP contribution in [0.4, 0.5) is 0 Å². The molecule has 0 aromatic heterocycles. The van der Waals surface area contributed by atoms with Crippen LogP contribution in [0.25, 0.3) is 0 Å². The summed E-state index contributed by atoms with van der Waals surface area (Å²) in [4.78, 5) is 11.6. The molecule has 0 heterocycles. The van der Waals surface area contributed by atoms with E-state index in [1.165, 1.54) is 0 Å². The van der Waals surface area contributed by atoms with E-state index in [0.717, 1.165) is 11.0 Å². The molecule has 0 fully saturated rings. The van der Waals surface area contributed by atoms with Gasteiger partial charge in [-0.2, -0.15) is 0 Å². The minimum atomic E-state index is -0.999. The maximum atomic E-state index is 11.6. The van der Waals surface area contributed by atoms with Gasteiger partial charge in [-0.15, -0.1) is 0 Å². The molecule has 0 saturated carbocycles. The summed E-state index contributed by atoms with van der Waals surface area (Å²) in [7, 11) is 3.22. The van der Waals surface area contributed by atoms with Crippen LogP contribution in [0.3, 0.4) is 0 Å². The molecule has 0 aliphatic carbocycles. The van der Waals surface area contributed by atoms with Crippen molar-refractivity contribution < 1.29 is 24.0 Å². The molecule has 6 heteroatoms. The van der Waals surface area contributed by atoms with Crippen LogP contribution >= 0.6 is 0 Å². The van der Waals surface area contributed by atoms with E-state index in [4.69, 9.17) is 14.1 Å². The van der Waals surface area contributed by atoms with E-state index < -0.39 is 11.2 Å². The summed E-state index contributed by atoms with van der Waals surface area (Å²) >= 11 is 0. The van der Waals surface area contributed by atoms with Crippen LogP contribution in [0.2, 0.25) is 0 Å². The van der Waals surface area contributed by atoms with Gasteiger partial charge in [0.15, 0.2) is 0 Å². The van der Waals surface area contributed by atoms with Gasteiger partial charge < -0.3 is 19.2 Å². The lowest BCUT2D eigenvalue weighted by molar-refractivity contribution is -0.143. The Morgan fingerprint density at radius 2 is 1.92 bits per heavy atom. The smallest absolute Gasteiger partial charge is 0.331 e. The molecule has 0 atom stereocenters. The average Bonchev–Trinajstić information content (AvgIpc) is 2.50.